The van der Waals surface area contributed by atoms with Crippen LogP contribution < -0.4 is 0 Å². The van der Waals surface area contributed by atoms with Crippen molar-refractivity contribution in [1.82, 2.24) is 0 Å². The summed E-state index contributed by atoms with van der Waals surface area (Å²) in [4.78, 5) is 10.7. The lowest BCUT2D eigenvalue weighted by atomic mass is 10.1. The second-order valence-corrected chi connectivity index (χ2v) is 2.57. The van der Waals surface area contributed by atoms with E-state index in [1.54, 1.807) is 0 Å². The van der Waals surface area contributed by atoms with E-state index >= 15 is 0 Å². The van der Waals surface area contributed by atoms with E-state index in [1.807, 2.05) is 13.0 Å². The van der Waals surface area contributed by atoms with Crippen molar-refractivity contribution >= 4 is 5.78 Å². The molecule has 50 valence electrons. The Kier molecular flexibility index (Phi) is 2.04. The highest BCUT2D eigenvalue weighted by Crippen LogP contribution is 2.22. The number of rotatable bonds is 1. The fourth-order valence-electron chi connectivity index (χ4n) is 1.28. The summed E-state index contributed by atoms with van der Waals surface area (Å²) in [6.45, 7) is 2.00. The van der Waals surface area contributed by atoms with Crippen molar-refractivity contribution < 1.29 is 4.79 Å². The fourth-order valence-corrected chi connectivity index (χ4v) is 1.28. The summed E-state index contributed by atoms with van der Waals surface area (Å²) in [5.41, 5.74) is 0. The Morgan fingerprint density at radius 3 is 2.89 bits per heavy atom. The Morgan fingerprint density at radius 2 is 2.44 bits per heavy atom. The zero-order chi connectivity index (χ0) is 6.69. The number of allylic oxidation sites excluding steroid dienone is 2. The average Bonchev–Trinajstić information content (AvgIpc) is 2.17. The van der Waals surface area contributed by atoms with Gasteiger partial charge in [-0.3, -0.25) is 4.79 Å². The Hall–Kier alpha value is -0.590. The molecular formula is C8H12O. The van der Waals surface area contributed by atoms with Crippen LogP contribution in [0, 0.1) is 5.92 Å². The monoisotopic (exact) mass is 124 g/mol. The van der Waals surface area contributed by atoms with Crippen molar-refractivity contribution in [3.05, 3.63) is 12.2 Å². The van der Waals surface area contributed by atoms with Gasteiger partial charge in [0.05, 0.1) is 0 Å². The quantitative estimate of drug-likeness (QED) is 0.488. The van der Waals surface area contributed by atoms with Gasteiger partial charge in [-0.15, -0.1) is 0 Å². The van der Waals surface area contributed by atoms with Gasteiger partial charge < -0.3 is 0 Å². The molecular weight excluding hydrogens is 112 g/mol. The fraction of sp³-hybridized carbons (Fsp3) is 0.625. The first kappa shape index (κ1) is 6.53. The van der Waals surface area contributed by atoms with E-state index in [-0.39, 0.29) is 0 Å². The van der Waals surface area contributed by atoms with Crippen LogP contribution in [0.25, 0.3) is 0 Å². The van der Waals surface area contributed by atoms with Gasteiger partial charge in [0.1, 0.15) is 5.78 Å². The van der Waals surface area contributed by atoms with E-state index in [0.29, 0.717) is 11.7 Å². The van der Waals surface area contributed by atoms with Crippen LogP contribution in [-0.2, 0) is 4.79 Å². The van der Waals surface area contributed by atoms with E-state index in [9.17, 15) is 4.79 Å². The van der Waals surface area contributed by atoms with Crippen molar-refractivity contribution in [3.63, 3.8) is 0 Å². The molecule has 0 spiro atoms. The molecule has 1 aliphatic carbocycles. The van der Waals surface area contributed by atoms with Crippen molar-refractivity contribution in [2.45, 2.75) is 26.2 Å². The summed E-state index contributed by atoms with van der Waals surface area (Å²) in [7, 11) is 0. The predicted octanol–water partition coefficient (Wildman–Crippen LogP) is 1.93. The van der Waals surface area contributed by atoms with Crippen LogP contribution in [0.4, 0.5) is 0 Å². The van der Waals surface area contributed by atoms with E-state index in [2.05, 4.69) is 6.08 Å². The van der Waals surface area contributed by atoms with Crippen LogP contribution >= 0.6 is 0 Å². The summed E-state index contributed by atoms with van der Waals surface area (Å²) in [6.07, 6.45) is 6.82. The molecule has 1 rings (SSSR count). The van der Waals surface area contributed by atoms with Crippen LogP contribution in [0.5, 0.6) is 0 Å². The molecule has 1 nitrogen and oxygen atoms in total. The Labute approximate surface area is 55.8 Å². The maximum absolute atomic E-state index is 10.7. The van der Waals surface area contributed by atoms with Crippen molar-refractivity contribution in [2.75, 3.05) is 0 Å². The first-order chi connectivity index (χ1) is 4.33. The van der Waals surface area contributed by atoms with Gasteiger partial charge in [-0.1, -0.05) is 12.2 Å². The number of hydrogen-bond donors (Lipinski definition) is 0. The molecule has 1 heteroatoms. The molecule has 1 saturated carbocycles. The van der Waals surface area contributed by atoms with Gasteiger partial charge in [0.15, 0.2) is 0 Å². The number of hydrogen-bond acceptors (Lipinski definition) is 1. The lowest BCUT2D eigenvalue weighted by Gasteiger charge is -1.95. The van der Waals surface area contributed by atoms with Gasteiger partial charge in [-0.2, -0.15) is 0 Å². The molecule has 0 amide bonds. The highest BCUT2D eigenvalue weighted by Gasteiger charge is 2.18. The van der Waals surface area contributed by atoms with Gasteiger partial charge in [-0.05, 0) is 19.3 Å². The van der Waals surface area contributed by atoms with Crippen molar-refractivity contribution in [3.8, 4) is 0 Å². The first-order valence-corrected chi connectivity index (χ1v) is 3.47. The Morgan fingerprint density at radius 1 is 1.67 bits per heavy atom. The van der Waals surface area contributed by atoms with Crippen molar-refractivity contribution in [2.24, 2.45) is 5.92 Å². The minimum Gasteiger partial charge on any atom is -0.300 e. The SMILES string of the molecule is C/C=C\[C@H]1CCC(=O)C1. The first-order valence-electron chi connectivity index (χ1n) is 3.47. The number of Topliss-reactive ketones (excluding diaryl/α,β-unsaturated/α-hetero) is 1. The second kappa shape index (κ2) is 2.81. The topological polar surface area (TPSA) is 17.1 Å². The summed E-state index contributed by atoms with van der Waals surface area (Å²) < 4.78 is 0. The molecule has 9 heavy (non-hydrogen) atoms. The maximum Gasteiger partial charge on any atom is 0.133 e. The molecule has 0 radical (unpaired) electrons. The lowest BCUT2D eigenvalue weighted by Crippen LogP contribution is -1.89. The molecule has 0 N–H and O–H groups in total. The second-order valence-electron chi connectivity index (χ2n) is 2.57. The normalized spacial score (nSPS) is 28.1. The molecule has 1 aliphatic rings. The number of carbonyl (C=O) groups excluding carboxylic acids is 1. The average molecular weight is 124 g/mol. The van der Waals surface area contributed by atoms with E-state index in [1.165, 1.54) is 0 Å². The van der Waals surface area contributed by atoms with Crippen LogP contribution in [0.15, 0.2) is 12.2 Å². The van der Waals surface area contributed by atoms with E-state index < -0.39 is 0 Å². The Bertz CT molecular complexity index is 136. The lowest BCUT2D eigenvalue weighted by molar-refractivity contribution is -0.117. The van der Waals surface area contributed by atoms with Crippen LogP contribution in [-0.4, -0.2) is 5.78 Å². The molecule has 0 unspecified atom stereocenters. The van der Waals surface area contributed by atoms with E-state index in [0.717, 1.165) is 19.3 Å². The third-order valence-corrected chi connectivity index (χ3v) is 1.75. The van der Waals surface area contributed by atoms with Crippen molar-refractivity contribution in [1.29, 1.82) is 0 Å². The minimum atomic E-state index is 0.429. The molecule has 1 atom stereocenters. The summed E-state index contributed by atoms with van der Waals surface area (Å²) in [5, 5.41) is 0. The zero-order valence-electron chi connectivity index (χ0n) is 5.76. The number of carbonyl (C=O) groups is 1. The largest absolute Gasteiger partial charge is 0.300 e. The third kappa shape index (κ3) is 1.67. The summed E-state index contributed by atoms with van der Waals surface area (Å²) in [6, 6.07) is 0. The highest BCUT2D eigenvalue weighted by atomic mass is 16.1. The van der Waals surface area contributed by atoms with Gasteiger partial charge in [0.2, 0.25) is 0 Å². The molecule has 0 aromatic heterocycles. The van der Waals surface area contributed by atoms with Crippen LogP contribution in [0.3, 0.4) is 0 Å². The molecule has 0 bridgehead atoms. The zero-order valence-corrected chi connectivity index (χ0v) is 5.76. The third-order valence-electron chi connectivity index (χ3n) is 1.75. The van der Waals surface area contributed by atoms with Crippen LogP contribution in [0.2, 0.25) is 0 Å². The molecule has 0 aromatic rings. The van der Waals surface area contributed by atoms with Gasteiger partial charge in [0, 0.05) is 12.8 Å². The van der Waals surface area contributed by atoms with Gasteiger partial charge >= 0.3 is 0 Å². The van der Waals surface area contributed by atoms with Gasteiger partial charge in [-0.25, -0.2) is 0 Å². The molecule has 0 heterocycles. The smallest absolute Gasteiger partial charge is 0.133 e. The maximum atomic E-state index is 10.7. The summed E-state index contributed by atoms with van der Waals surface area (Å²) >= 11 is 0. The minimum absolute atomic E-state index is 0.429. The Balaban J connectivity index is 2.39. The molecule has 0 saturated heterocycles. The van der Waals surface area contributed by atoms with Gasteiger partial charge in [0.25, 0.3) is 0 Å². The standard InChI is InChI=1S/C8H12O/c1-2-3-7-4-5-8(9)6-7/h2-3,7H,4-6H2,1H3/b3-2-/t7-/m0/s1. The molecule has 1 fully saturated rings. The van der Waals surface area contributed by atoms with E-state index in [4.69, 9.17) is 0 Å². The summed E-state index contributed by atoms with van der Waals surface area (Å²) in [5.74, 6) is 0.987. The molecule has 0 aliphatic heterocycles. The van der Waals surface area contributed by atoms with Crippen LogP contribution in [0.1, 0.15) is 26.2 Å². The highest BCUT2D eigenvalue weighted by molar-refractivity contribution is 5.80. The predicted molar refractivity (Wildman–Crippen MR) is 37.2 cm³/mol. The number of ketones is 1. The molecule has 0 aromatic carbocycles.